The number of aliphatic hydroxyl groups is 5. The predicted octanol–water partition coefficient (Wildman–Crippen LogP) is 5.11. The number of esters is 1. The van der Waals surface area contributed by atoms with Crippen LogP contribution in [0.4, 0.5) is 4.39 Å². The van der Waals surface area contributed by atoms with Crippen molar-refractivity contribution >= 4 is 17.3 Å². The molecule has 75 heavy (non-hydrogen) atoms. The van der Waals surface area contributed by atoms with E-state index in [1.165, 1.54) is 25.8 Å². The van der Waals surface area contributed by atoms with Crippen molar-refractivity contribution in [3.63, 3.8) is 0 Å². The molecule has 2 aromatic heterocycles. The number of alkyl halides is 1. The lowest BCUT2D eigenvalue weighted by atomic mass is 9.68. The molecule has 3 fully saturated rings. The average molecular weight is 1080 g/mol. The van der Waals surface area contributed by atoms with Crippen LogP contribution >= 0.6 is 11.3 Å². The van der Waals surface area contributed by atoms with E-state index in [1.54, 1.807) is 53.9 Å². The highest BCUT2D eigenvalue weighted by Gasteiger charge is 2.55. The monoisotopic (exact) mass is 1080 g/mol. The van der Waals surface area contributed by atoms with E-state index in [0.717, 1.165) is 27.3 Å². The molecule has 6 N–H and O–H groups in total. The number of methoxy groups -OCH3 is 2. The van der Waals surface area contributed by atoms with Crippen molar-refractivity contribution in [2.45, 2.75) is 197 Å². The maximum absolute atomic E-state index is 14.9. The van der Waals surface area contributed by atoms with Crippen LogP contribution < -0.4 is 0 Å². The SMILES string of the molecule is CC[C@H]1OC(=O)[C@H](C)C([C@H]2C[C@@](C)(OC)[C@@H](O)[C@H](C)O2)[C@H](C)[C@@H](O[C@@H]2O[C@H](C)C[C@H](N(C)CCc3cn([C@H](CF)[C@H](OC)c4ccc(-c5cnc(O)s5)cc4)nn3)[C@H]2O)[C@](C)(O)C[C@@H](C)CN(C)[C@H](C)[C@@H](O)[C@]1(C)O. The van der Waals surface area contributed by atoms with Crippen molar-refractivity contribution in [2.75, 3.05) is 48.1 Å². The van der Waals surface area contributed by atoms with E-state index in [1.807, 2.05) is 68.9 Å². The van der Waals surface area contributed by atoms with E-state index < -0.39 is 127 Å². The minimum absolute atomic E-state index is 0.0275. The van der Waals surface area contributed by atoms with Gasteiger partial charge in [-0.3, -0.25) is 4.79 Å². The first-order valence-electron chi connectivity index (χ1n) is 26.6. The predicted molar refractivity (Wildman–Crippen MR) is 279 cm³/mol. The quantitative estimate of drug-likeness (QED) is 0.108. The Hall–Kier alpha value is -3.29. The number of rotatable bonds is 15. The largest absolute Gasteiger partial charge is 0.486 e. The molecule has 0 radical (unpaired) electrons. The van der Waals surface area contributed by atoms with Crippen LogP contribution in [0.15, 0.2) is 36.7 Å². The van der Waals surface area contributed by atoms with Crippen LogP contribution in [0.2, 0.25) is 0 Å². The second-order valence-corrected chi connectivity index (χ2v) is 23.7. The van der Waals surface area contributed by atoms with Gasteiger partial charge < -0.3 is 68.9 Å². The Labute approximate surface area is 446 Å². The minimum Gasteiger partial charge on any atom is -0.486 e. The highest BCUT2D eigenvalue weighted by molar-refractivity contribution is 7.16. The average Bonchev–Trinajstić information content (AvgIpc) is 4.03. The van der Waals surface area contributed by atoms with Crippen LogP contribution in [0.1, 0.15) is 118 Å². The van der Waals surface area contributed by atoms with Gasteiger partial charge in [-0.1, -0.05) is 68.5 Å². The summed E-state index contributed by atoms with van der Waals surface area (Å²) < 4.78 is 54.4. The molecule has 3 aliphatic rings. The molecule has 3 aliphatic heterocycles. The summed E-state index contributed by atoms with van der Waals surface area (Å²) in [5, 5.41) is 78.7. The summed E-state index contributed by atoms with van der Waals surface area (Å²) in [5.41, 5.74) is -2.35. The number of thiazole rings is 1. The lowest BCUT2D eigenvalue weighted by Gasteiger charge is -2.51. The molecule has 21 heteroatoms. The van der Waals surface area contributed by atoms with Crippen LogP contribution in [0.25, 0.3) is 10.4 Å². The second-order valence-electron chi connectivity index (χ2n) is 22.7. The van der Waals surface area contributed by atoms with Gasteiger partial charge in [-0.15, -0.1) is 5.10 Å². The van der Waals surface area contributed by atoms with Gasteiger partial charge in [0.2, 0.25) is 0 Å². The Morgan fingerprint density at radius 1 is 1.00 bits per heavy atom. The molecule has 20 atom stereocenters. The van der Waals surface area contributed by atoms with E-state index in [2.05, 4.69) is 15.3 Å². The first kappa shape index (κ1) is 60.9. The van der Waals surface area contributed by atoms with Crippen LogP contribution in [0.3, 0.4) is 0 Å². The Morgan fingerprint density at radius 2 is 1.68 bits per heavy atom. The number of hydrogen-bond donors (Lipinski definition) is 6. The van der Waals surface area contributed by atoms with Crippen molar-refractivity contribution in [3.05, 3.63) is 47.9 Å². The molecule has 0 bridgehead atoms. The summed E-state index contributed by atoms with van der Waals surface area (Å²) in [7, 11) is 6.77. The third-order valence-corrected chi connectivity index (χ3v) is 17.7. The number of halogens is 1. The summed E-state index contributed by atoms with van der Waals surface area (Å²) in [6.07, 6.45) is -4.80. The van der Waals surface area contributed by atoms with Gasteiger partial charge in [0, 0.05) is 70.5 Å². The third kappa shape index (κ3) is 13.6. The minimum atomic E-state index is -1.83. The first-order chi connectivity index (χ1) is 35.2. The van der Waals surface area contributed by atoms with Gasteiger partial charge in [-0.2, -0.15) is 0 Å². The molecular weight excluding hydrogens is 992 g/mol. The molecule has 0 saturated carbocycles. The number of cyclic esters (lactones) is 1. The fraction of sp³-hybridized carbons (Fsp3) is 0.778. The van der Waals surface area contributed by atoms with Crippen molar-refractivity contribution in [1.82, 2.24) is 29.8 Å². The second kappa shape index (κ2) is 25.2. The van der Waals surface area contributed by atoms with E-state index in [0.29, 0.717) is 31.6 Å². The first-order valence-corrected chi connectivity index (χ1v) is 27.4. The molecular formula is C54H87FN6O13S. The zero-order valence-corrected chi connectivity index (χ0v) is 47.3. The van der Waals surface area contributed by atoms with Gasteiger partial charge in [-0.25, -0.2) is 14.1 Å². The van der Waals surface area contributed by atoms with Gasteiger partial charge in [0.15, 0.2) is 6.29 Å². The zero-order chi connectivity index (χ0) is 55.5. The van der Waals surface area contributed by atoms with E-state index >= 15 is 0 Å². The summed E-state index contributed by atoms with van der Waals surface area (Å²) in [6, 6.07) is 5.56. The van der Waals surface area contributed by atoms with Gasteiger partial charge in [0.05, 0.1) is 52.1 Å². The molecule has 19 nitrogen and oxygen atoms in total. The number of aromatic hydroxyl groups is 1. The molecule has 0 amide bonds. The van der Waals surface area contributed by atoms with E-state index in [-0.39, 0.29) is 30.4 Å². The van der Waals surface area contributed by atoms with Crippen LogP contribution in [-0.2, 0) is 39.6 Å². The standard InChI is InChI=1S/C54H87FN6O13S/c1-15-42-54(10,68)46(63)33(6)60(12)27-29(2)23-52(8,67)48(31(4)43(32(5)49(65)73-42)40-24-53(9,70-14)47(64)34(7)72-40)74-50-44(62)38(22-30(3)71-50)59(11)21-20-37-28-61(58-57-37)39(25-55)45(69-13)36-18-16-35(17-19-36)41-26-56-51(66)75-41/h16-19,26,28-34,38-40,42-48,50,62-64,67-68H,15,20-25,27H2,1-14H3,(H,56,66)/t29-,30-,31+,32-,33-,34+,38+,39-,40-,42-,43?,44-,45-,46-,47+,48-,50+,52-,53-,54-/m1/s1. The van der Waals surface area contributed by atoms with Crippen molar-refractivity contribution in [3.8, 4) is 15.6 Å². The third-order valence-electron chi connectivity index (χ3n) is 16.9. The van der Waals surface area contributed by atoms with Gasteiger partial charge >= 0.3 is 5.97 Å². The van der Waals surface area contributed by atoms with Crippen LogP contribution in [0, 0.1) is 23.7 Å². The summed E-state index contributed by atoms with van der Waals surface area (Å²) >= 11 is 1.16. The lowest BCUT2D eigenvalue weighted by Crippen LogP contribution is -2.62. The normalized spacial score (nSPS) is 38.9. The Bertz CT molecular complexity index is 2270. The molecule has 3 aromatic rings. The number of benzene rings is 1. The summed E-state index contributed by atoms with van der Waals surface area (Å²) in [4.78, 5) is 23.3. The lowest BCUT2D eigenvalue weighted by molar-refractivity contribution is -0.302. The Kier molecular flexibility index (Phi) is 20.5. The Balaban J connectivity index is 1.26. The molecule has 0 aliphatic carbocycles. The number of aliphatic hydroxyl groups excluding tert-OH is 3. The fourth-order valence-electron chi connectivity index (χ4n) is 12.3. The van der Waals surface area contributed by atoms with Crippen molar-refractivity contribution in [2.24, 2.45) is 23.7 Å². The van der Waals surface area contributed by atoms with E-state index in [9.17, 15) is 39.8 Å². The number of carbonyl (C=O) groups excluding carboxylic acids is 1. The van der Waals surface area contributed by atoms with Crippen molar-refractivity contribution < 1.29 is 68.2 Å². The smallest absolute Gasteiger partial charge is 0.309 e. The maximum Gasteiger partial charge on any atom is 0.309 e. The summed E-state index contributed by atoms with van der Waals surface area (Å²) in [6.45, 7) is 17.8. The number of likely N-dealkylation sites (N-methyl/N-ethyl adjacent to an activating group) is 2. The van der Waals surface area contributed by atoms with Gasteiger partial charge in [0.1, 0.15) is 48.8 Å². The molecule has 3 saturated heterocycles. The maximum atomic E-state index is 14.9. The number of nitrogens with zero attached hydrogens (tertiary/aromatic N) is 6. The molecule has 1 aromatic carbocycles. The van der Waals surface area contributed by atoms with Crippen LogP contribution in [0.5, 0.6) is 5.19 Å². The zero-order valence-electron chi connectivity index (χ0n) is 46.4. The number of hydrogen-bond acceptors (Lipinski definition) is 19. The van der Waals surface area contributed by atoms with Crippen LogP contribution in [-0.4, -0.2) is 198 Å². The fourth-order valence-corrected chi connectivity index (χ4v) is 13.0. The number of ether oxygens (including phenoxy) is 6. The number of aromatic nitrogens is 4. The highest BCUT2D eigenvalue weighted by Crippen LogP contribution is 2.45. The Morgan fingerprint density at radius 3 is 2.28 bits per heavy atom. The topological polar surface area (TPSA) is 244 Å². The molecule has 6 rings (SSSR count). The number of carbonyl (C=O) groups is 1. The molecule has 0 spiro atoms. The van der Waals surface area contributed by atoms with E-state index in [4.69, 9.17) is 28.4 Å². The highest BCUT2D eigenvalue weighted by atomic mass is 32.1. The molecule has 5 heterocycles. The van der Waals surface area contributed by atoms with Gasteiger partial charge in [-0.05, 0) is 97.9 Å². The molecule has 1 unspecified atom stereocenters. The van der Waals surface area contributed by atoms with Crippen molar-refractivity contribution in [1.29, 1.82) is 0 Å². The molecule has 424 valence electrons. The summed E-state index contributed by atoms with van der Waals surface area (Å²) in [5.74, 6) is -3.29. The van der Waals surface area contributed by atoms with Gasteiger partial charge in [0.25, 0.3) is 5.19 Å².